The average molecular weight is 539 g/mol. The quantitative estimate of drug-likeness (QED) is 0.236. The first kappa shape index (κ1) is 26.1. The van der Waals surface area contributed by atoms with Gasteiger partial charge in [-0.25, -0.2) is 0 Å². The van der Waals surface area contributed by atoms with Crippen molar-refractivity contribution in [1.82, 2.24) is 0 Å². The van der Waals surface area contributed by atoms with Gasteiger partial charge in [0.2, 0.25) is 0 Å². The van der Waals surface area contributed by atoms with Crippen LogP contribution in [-0.2, 0) is 51.1 Å². The summed E-state index contributed by atoms with van der Waals surface area (Å²) in [5.74, 6) is 0. The summed E-state index contributed by atoms with van der Waals surface area (Å²) >= 11 is 0. The van der Waals surface area contributed by atoms with Crippen LogP contribution in [0, 0.1) is 0 Å². The third kappa shape index (κ3) is 6.39. The van der Waals surface area contributed by atoms with E-state index in [9.17, 15) is 4.21 Å². The smallest absolute Gasteiger partial charge is 0.114 e. The molecule has 0 bridgehead atoms. The molecule has 0 spiro atoms. The van der Waals surface area contributed by atoms with Crippen molar-refractivity contribution in [1.29, 1.82) is 0 Å². The maximum absolute atomic E-state index is 14.7. The Morgan fingerprint density at radius 3 is 1.21 bits per heavy atom. The normalized spacial score (nSPS) is 27.8. The van der Waals surface area contributed by atoms with E-state index in [0.717, 1.165) is 22.3 Å². The molecule has 4 nitrogen and oxygen atoms in total. The van der Waals surface area contributed by atoms with Crippen molar-refractivity contribution in [3.8, 4) is 0 Å². The van der Waals surface area contributed by atoms with E-state index in [-0.39, 0.29) is 34.9 Å². The Bertz CT molecular complexity index is 1230. The van der Waals surface area contributed by atoms with Gasteiger partial charge in [0.1, 0.15) is 24.4 Å². The molecule has 6 unspecified atom stereocenters. The molecule has 2 saturated heterocycles. The molecule has 0 saturated carbocycles. The molecule has 2 heterocycles. The zero-order valence-electron chi connectivity index (χ0n) is 21.9. The Hall–Kier alpha value is -3.09. The molecule has 0 aromatic heterocycles. The Morgan fingerprint density at radius 2 is 0.846 bits per heavy atom. The first-order valence-corrected chi connectivity index (χ1v) is 15.0. The van der Waals surface area contributed by atoms with Crippen LogP contribution >= 0.6 is 0 Å². The van der Waals surface area contributed by atoms with Crippen molar-refractivity contribution in [3.05, 3.63) is 144 Å². The molecule has 0 radical (unpaired) electrons. The predicted octanol–water partition coefficient (Wildman–Crippen LogP) is 5.91. The van der Waals surface area contributed by atoms with E-state index in [1.807, 2.05) is 72.8 Å². The number of epoxide rings is 1. The number of hydrogen-bond donors (Lipinski definition) is 0. The lowest BCUT2D eigenvalue weighted by molar-refractivity contribution is 0.0170. The minimum absolute atomic E-state index is 0.145. The highest BCUT2D eigenvalue weighted by Crippen LogP contribution is 2.42. The topological polar surface area (TPSA) is 48.1 Å². The maximum Gasteiger partial charge on any atom is 0.114 e. The van der Waals surface area contributed by atoms with Gasteiger partial charge in [0.25, 0.3) is 0 Å². The molecule has 5 heteroatoms. The summed E-state index contributed by atoms with van der Waals surface area (Å²) in [6, 6.07) is 41.0. The molecule has 0 N–H and O–H groups in total. The summed E-state index contributed by atoms with van der Waals surface area (Å²) in [5, 5.41) is -0.435. The van der Waals surface area contributed by atoms with E-state index in [2.05, 4.69) is 48.5 Å². The summed E-state index contributed by atoms with van der Waals surface area (Å²) < 4.78 is 34.2. The Kier molecular flexibility index (Phi) is 8.31. The second kappa shape index (κ2) is 12.4. The maximum atomic E-state index is 14.7. The van der Waals surface area contributed by atoms with E-state index >= 15 is 0 Å². The fourth-order valence-corrected chi connectivity index (χ4v) is 7.76. The number of rotatable bonds is 10. The third-order valence-electron chi connectivity index (χ3n) is 7.67. The largest absolute Gasteiger partial charge is 0.369 e. The molecule has 2 aliphatic rings. The van der Waals surface area contributed by atoms with E-state index in [4.69, 9.17) is 14.2 Å². The molecule has 2 fully saturated rings. The Balaban J connectivity index is 1.32. The van der Waals surface area contributed by atoms with E-state index in [0.29, 0.717) is 26.1 Å². The summed E-state index contributed by atoms with van der Waals surface area (Å²) in [7, 11) is -1.23. The molecule has 2 aliphatic heterocycles. The van der Waals surface area contributed by atoms with Crippen LogP contribution in [0.1, 0.15) is 22.3 Å². The van der Waals surface area contributed by atoms with Gasteiger partial charge in [-0.2, -0.15) is 0 Å². The summed E-state index contributed by atoms with van der Waals surface area (Å²) in [5.41, 5.74) is 4.51. The van der Waals surface area contributed by atoms with Crippen LogP contribution in [0.4, 0.5) is 0 Å². The minimum Gasteiger partial charge on any atom is -0.369 e. The van der Waals surface area contributed by atoms with Crippen molar-refractivity contribution >= 4 is 10.8 Å². The summed E-state index contributed by atoms with van der Waals surface area (Å²) in [4.78, 5) is 0. The molecule has 39 heavy (non-hydrogen) atoms. The minimum atomic E-state index is -1.23. The number of hydrogen-bond acceptors (Lipinski definition) is 4. The van der Waals surface area contributed by atoms with Crippen LogP contribution in [0.15, 0.2) is 121 Å². The van der Waals surface area contributed by atoms with Gasteiger partial charge in [-0.05, 0) is 35.1 Å². The van der Waals surface area contributed by atoms with Crippen molar-refractivity contribution in [2.24, 2.45) is 0 Å². The summed E-state index contributed by atoms with van der Waals surface area (Å²) in [6.07, 6.45) is 0.451. The van der Waals surface area contributed by atoms with Gasteiger partial charge in [0.15, 0.2) is 0 Å². The van der Waals surface area contributed by atoms with Gasteiger partial charge < -0.3 is 14.2 Å². The zero-order chi connectivity index (χ0) is 26.4. The predicted molar refractivity (Wildman–Crippen MR) is 155 cm³/mol. The van der Waals surface area contributed by atoms with Gasteiger partial charge in [0.05, 0.1) is 23.7 Å². The highest BCUT2D eigenvalue weighted by Gasteiger charge is 2.60. The molecule has 4 aromatic carbocycles. The van der Waals surface area contributed by atoms with Crippen LogP contribution < -0.4 is 0 Å². The summed E-state index contributed by atoms with van der Waals surface area (Å²) in [6.45, 7) is 0.916. The first-order valence-electron chi connectivity index (χ1n) is 13.7. The fourth-order valence-electron chi connectivity index (χ4n) is 5.60. The van der Waals surface area contributed by atoms with Gasteiger partial charge in [-0.15, -0.1) is 0 Å². The lowest BCUT2D eigenvalue weighted by atomic mass is 9.99. The molecular weight excluding hydrogens is 504 g/mol. The van der Waals surface area contributed by atoms with Crippen molar-refractivity contribution in [2.75, 3.05) is 0 Å². The van der Waals surface area contributed by atoms with Crippen LogP contribution in [0.3, 0.4) is 0 Å². The number of ether oxygens (including phenoxy) is 3. The molecule has 6 rings (SSSR count). The monoisotopic (exact) mass is 538 g/mol. The van der Waals surface area contributed by atoms with E-state index < -0.39 is 10.8 Å². The third-order valence-corrected chi connectivity index (χ3v) is 9.73. The highest BCUT2D eigenvalue weighted by molar-refractivity contribution is 7.86. The van der Waals surface area contributed by atoms with Crippen LogP contribution in [0.2, 0.25) is 0 Å². The van der Waals surface area contributed by atoms with Crippen LogP contribution in [-0.4, -0.2) is 39.1 Å². The zero-order valence-corrected chi connectivity index (χ0v) is 22.7. The van der Waals surface area contributed by atoms with E-state index in [1.54, 1.807) is 0 Å². The van der Waals surface area contributed by atoms with Gasteiger partial charge >= 0.3 is 0 Å². The molecule has 6 atom stereocenters. The first-order chi connectivity index (χ1) is 19.3. The van der Waals surface area contributed by atoms with Crippen LogP contribution in [0.25, 0.3) is 0 Å². The number of fused-ring (bicyclic) bond motifs is 1. The molecule has 0 aliphatic carbocycles. The fraction of sp³-hybridized carbons (Fsp3) is 0.294. The molecule has 0 amide bonds. The molecular formula is C34H34O4S. The average Bonchev–Trinajstić information content (AvgIpc) is 3.79. The molecule has 4 aromatic rings. The highest BCUT2D eigenvalue weighted by atomic mass is 32.2. The Morgan fingerprint density at radius 1 is 0.513 bits per heavy atom. The van der Waals surface area contributed by atoms with Gasteiger partial charge in [-0.1, -0.05) is 121 Å². The lowest BCUT2D eigenvalue weighted by Crippen LogP contribution is -2.43. The van der Waals surface area contributed by atoms with E-state index in [1.165, 1.54) is 0 Å². The second-order valence-electron chi connectivity index (χ2n) is 10.4. The van der Waals surface area contributed by atoms with Gasteiger partial charge in [0, 0.05) is 10.8 Å². The van der Waals surface area contributed by atoms with Crippen molar-refractivity contribution in [2.45, 2.75) is 61.0 Å². The molecule has 200 valence electrons. The van der Waals surface area contributed by atoms with Crippen molar-refractivity contribution in [3.63, 3.8) is 0 Å². The SMILES string of the molecule is O=S1C(Cc2ccccc2)C(OCc2ccccc2)C2OC2C(OCc2ccccc2)C1Cc1ccccc1. The van der Waals surface area contributed by atoms with Crippen LogP contribution in [0.5, 0.6) is 0 Å². The Labute approximate surface area is 233 Å². The van der Waals surface area contributed by atoms with Gasteiger partial charge in [-0.3, -0.25) is 4.21 Å². The second-order valence-corrected chi connectivity index (χ2v) is 12.2. The number of benzene rings is 4. The lowest BCUT2D eigenvalue weighted by Gasteiger charge is -2.30. The van der Waals surface area contributed by atoms with Crippen molar-refractivity contribution < 1.29 is 18.4 Å². The standard InChI is InChI=1S/C34H34O4S/c35-39-29(21-25-13-5-1-6-14-25)31(36-23-27-17-9-3-10-18-27)33-34(38-33)32(37-24-28-19-11-4-12-20-28)30(39)22-26-15-7-2-8-16-26/h1-20,29-34H,21-24H2.